The molecule has 0 aromatic rings. The molecule has 17 nitrogen and oxygen atoms in total. The van der Waals surface area contributed by atoms with Crippen molar-refractivity contribution in [1.29, 1.82) is 0 Å². The first-order valence-electron chi connectivity index (χ1n) is 12.5. The SMILES string of the molecule is COC(=O)C1CCCN1.Cl.N[I-]C[C@@H](CCC(=O)O)C(=O)O.O=C(O)CC[C@H](NC(=O)N1CCC[C@H]1C(=O)O)C(=O)O. The second kappa shape index (κ2) is 22.6. The largest absolute Gasteiger partial charge is 0.481 e. The normalized spacial score (nSPS) is 18.5. The predicted molar refractivity (Wildman–Crippen MR) is 142 cm³/mol. The summed E-state index contributed by atoms with van der Waals surface area (Å²) >= 11 is -0.572. The summed E-state index contributed by atoms with van der Waals surface area (Å²) in [5.74, 6) is -6.28. The molecule has 2 fully saturated rings. The number of amides is 2. The van der Waals surface area contributed by atoms with Crippen LogP contribution in [0.5, 0.6) is 0 Å². The minimum atomic E-state index is -1.36. The van der Waals surface area contributed by atoms with Gasteiger partial charge < -0.3 is 35.6 Å². The third-order valence-electron chi connectivity index (χ3n) is 5.92. The van der Waals surface area contributed by atoms with Crippen molar-refractivity contribution in [3.05, 3.63) is 0 Å². The molecule has 2 amide bonds. The number of carboxylic acid groups (broad SMARTS) is 5. The number of urea groups is 1. The predicted octanol–water partition coefficient (Wildman–Crippen LogP) is -3.59. The third-order valence-corrected chi connectivity index (χ3v) is 7.49. The molecule has 2 aliphatic heterocycles. The van der Waals surface area contributed by atoms with Crippen LogP contribution in [-0.4, -0.2) is 115 Å². The van der Waals surface area contributed by atoms with Gasteiger partial charge in [-0.25, -0.2) is 14.4 Å². The van der Waals surface area contributed by atoms with Crippen molar-refractivity contribution in [2.45, 2.75) is 69.5 Å². The van der Waals surface area contributed by atoms with Gasteiger partial charge in [-0.05, 0) is 38.6 Å². The number of halogens is 2. The van der Waals surface area contributed by atoms with E-state index in [0.717, 1.165) is 24.3 Å². The fourth-order valence-electron chi connectivity index (χ4n) is 3.72. The van der Waals surface area contributed by atoms with E-state index in [0.29, 0.717) is 17.3 Å². The molecule has 19 heteroatoms. The number of rotatable bonds is 13. The number of nitrogens with one attached hydrogen (secondary N) is 2. The number of nitrogens with zero attached hydrogens (tertiary/aromatic N) is 1. The molecule has 0 aromatic heterocycles. The number of carboxylic acids is 5. The Bertz CT molecular complexity index is 921. The van der Waals surface area contributed by atoms with Crippen LogP contribution in [0, 0.1) is 5.92 Å². The number of ether oxygens (including phenoxy) is 1. The number of likely N-dealkylation sites (tertiary alicyclic amines) is 1. The first kappa shape index (κ1) is 41.2. The summed E-state index contributed by atoms with van der Waals surface area (Å²) in [6, 6.07) is -3.15. The van der Waals surface area contributed by atoms with Gasteiger partial charge in [0.1, 0.15) is 18.1 Å². The van der Waals surface area contributed by atoms with Crippen molar-refractivity contribution < 1.29 is 85.3 Å². The molecule has 2 saturated heterocycles. The van der Waals surface area contributed by atoms with Crippen molar-refractivity contribution in [2.24, 2.45) is 9.86 Å². The van der Waals surface area contributed by atoms with Gasteiger partial charge in [0.05, 0.1) is 7.11 Å². The molecule has 9 N–H and O–H groups in total. The summed E-state index contributed by atoms with van der Waals surface area (Å²) in [5, 5.41) is 48.4. The second-order valence-electron chi connectivity index (χ2n) is 8.91. The van der Waals surface area contributed by atoms with E-state index >= 15 is 0 Å². The zero-order chi connectivity index (χ0) is 31.5. The molecule has 0 radical (unpaired) electrons. The van der Waals surface area contributed by atoms with Crippen LogP contribution < -0.4 is 36.1 Å². The number of carbonyl (C=O) groups excluding carboxylic acids is 2. The van der Waals surface area contributed by atoms with Crippen LogP contribution in [0.2, 0.25) is 0 Å². The van der Waals surface area contributed by atoms with Gasteiger partial charge in [0.15, 0.2) is 0 Å². The third kappa shape index (κ3) is 17.1. The van der Waals surface area contributed by atoms with Crippen molar-refractivity contribution in [2.75, 3.05) is 24.6 Å². The first-order valence-corrected chi connectivity index (χ1v) is 15.3. The zero-order valence-electron chi connectivity index (χ0n) is 22.9. The Morgan fingerprint density at radius 3 is 1.98 bits per heavy atom. The zero-order valence-corrected chi connectivity index (χ0v) is 25.9. The van der Waals surface area contributed by atoms with Gasteiger partial charge >= 0.3 is 110 Å². The maximum Gasteiger partial charge on any atom is 0.326 e. The number of hydrogen-bond acceptors (Lipinski definition) is 10. The van der Waals surface area contributed by atoms with Gasteiger partial charge in [-0.15, -0.1) is 12.4 Å². The number of carbonyl (C=O) groups is 7. The molecule has 0 bridgehead atoms. The molecule has 244 valence electrons. The average Bonchev–Trinajstić information content (AvgIpc) is 3.61. The molecular weight excluding hydrogens is 703 g/mol. The molecule has 42 heavy (non-hydrogen) atoms. The minimum absolute atomic E-state index is 0. The van der Waals surface area contributed by atoms with E-state index in [-0.39, 0.29) is 50.2 Å². The van der Waals surface area contributed by atoms with Crippen molar-refractivity contribution >= 4 is 54.3 Å². The Labute approximate surface area is 258 Å². The summed E-state index contributed by atoms with van der Waals surface area (Å²) in [4.78, 5) is 76.5. The van der Waals surface area contributed by atoms with Crippen LogP contribution in [0.3, 0.4) is 0 Å². The number of esters is 1. The maximum atomic E-state index is 11.9. The fourth-order valence-corrected chi connectivity index (χ4v) is 5.15. The molecule has 0 spiro atoms. The van der Waals surface area contributed by atoms with E-state index in [1.807, 2.05) is 0 Å². The van der Waals surface area contributed by atoms with Crippen LogP contribution in [0.15, 0.2) is 0 Å². The number of aliphatic carboxylic acids is 5. The van der Waals surface area contributed by atoms with E-state index in [1.165, 1.54) is 7.11 Å². The van der Waals surface area contributed by atoms with E-state index in [4.69, 9.17) is 29.5 Å². The van der Waals surface area contributed by atoms with Crippen LogP contribution in [-0.2, 0) is 33.5 Å². The second-order valence-corrected chi connectivity index (χ2v) is 10.7. The van der Waals surface area contributed by atoms with Gasteiger partial charge in [-0.1, -0.05) is 0 Å². The Morgan fingerprint density at radius 2 is 1.55 bits per heavy atom. The monoisotopic (exact) mass is 741 g/mol. The van der Waals surface area contributed by atoms with E-state index in [9.17, 15) is 33.6 Å². The summed E-state index contributed by atoms with van der Waals surface area (Å²) in [6.45, 7) is 1.17. The molecule has 2 aliphatic rings. The van der Waals surface area contributed by atoms with Gasteiger partial charge in [-0.2, -0.15) is 0 Å². The van der Waals surface area contributed by atoms with Gasteiger partial charge in [0, 0.05) is 13.0 Å². The van der Waals surface area contributed by atoms with E-state index < -0.39 is 81.8 Å². The Kier molecular flexibility index (Phi) is 22.2. The van der Waals surface area contributed by atoms with Crippen LogP contribution in [0.4, 0.5) is 4.79 Å². The maximum absolute atomic E-state index is 11.9. The van der Waals surface area contributed by atoms with Crippen molar-refractivity contribution in [1.82, 2.24) is 15.5 Å². The molecule has 4 atom stereocenters. The average molecular weight is 742 g/mol. The summed E-state index contributed by atoms with van der Waals surface area (Å²) in [5.41, 5.74) is 0. The number of hydrogen-bond donors (Lipinski definition) is 8. The quantitative estimate of drug-likeness (QED) is 0.0392. The Hall–Kier alpha value is -2.97. The molecule has 0 aliphatic carbocycles. The molecule has 2 heterocycles. The molecule has 0 aromatic carbocycles. The van der Waals surface area contributed by atoms with Gasteiger partial charge in [0.2, 0.25) is 0 Å². The van der Waals surface area contributed by atoms with Gasteiger partial charge in [0.25, 0.3) is 0 Å². The summed E-state index contributed by atoms with van der Waals surface area (Å²) in [6.07, 6.45) is 2.27. The molecule has 1 unspecified atom stereocenters. The molecule has 0 saturated carbocycles. The topological polar surface area (TPSA) is 283 Å². The first-order chi connectivity index (χ1) is 19.2. The molecule has 2 rings (SSSR count). The van der Waals surface area contributed by atoms with Crippen LogP contribution in [0.1, 0.15) is 51.4 Å². The molecular formula is C23H39ClIN4O13-. The van der Waals surface area contributed by atoms with Crippen LogP contribution in [0.25, 0.3) is 0 Å². The van der Waals surface area contributed by atoms with Crippen molar-refractivity contribution in [3.8, 4) is 0 Å². The summed E-state index contributed by atoms with van der Waals surface area (Å²) < 4.78 is 10.3. The van der Waals surface area contributed by atoms with Gasteiger partial charge in [-0.3, -0.25) is 9.59 Å². The number of nitrogens with two attached hydrogens (primary N) is 1. The van der Waals surface area contributed by atoms with Crippen LogP contribution >= 0.6 is 12.4 Å². The van der Waals surface area contributed by atoms with E-state index in [2.05, 4.69) is 15.4 Å². The van der Waals surface area contributed by atoms with Crippen molar-refractivity contribution in [3.63, 3.8) is 0 Å². The minimum Gasteiger partial charge on any atom is -0.481 e. The standard InChI is InChI=1S/C11H16N2O7.C6H11INO4.C6H11NO2.ClH/c14-8(15)4-3-6(9(16)17)12-11(20)13-5-1-2-7(13)10(18)19;8-7-3-4(6(11)12)1-2-5(9)10;1-9-6(8)5-3-2-4-7-5;/h6-7H,1-5H2,(H,12,20)(H,14,15)(H,16,17)(H,18,19);4H,1-3,8H2,(H,9,10)(H,11,12);5,7H,2-4H2,1H3;1H/q;-1;;/t6-,7-;4-;;/m01../s1. The number of methoxy groups -OCH3 is 1. The van der Waals surface area contributed by atoms with E-state index in [1.54, 1.807) is 0 Å². The smallest absolute Gasteiger partial charge is 0.326 e. The Balaban J connectivity index is 0. The summed E-state index contributed by atoms with van der Waals surface area (Å²) in [7, 11) is 1.42. The number of alkyl halides is 1. The fraction of sp³-hybridized carbons (Fsp3) is 0.696. The Morgan fingerprint density at radius 1 is 0.952 bits per heavy atom.